The number of thiophene rings is 1. The van der Waals surface area contributed by atoms with Crippen LogP contribution in [0.1, 0.15) is 33.0 Å². The Bertz CT molecular complexity index is 406. The van der Waals surface area contributed by atoms with Crippen molar-refractivity contribution >= 4 is 23.2 Å². The highest BCUT2D eigenvalue weighted by molar-refractivity contribution is 7.14. The van der Waals surface area contributed by atoms with Gasteiger partial charge in [-0.05, 0) is 31.9 Å². The summed E-state index contributed by atoms with van der Waals surface area (Å²) in [6, 6.07) is 1.88. The molecule has 1 heterocycles. The van der Waals surface area contributed by atoms with Crippen molar-refractivity contribution in [2.24, 2.45) is 0 Å². The number of hydrogen-bond donors (Lipinski definition) is 1. The molecule has 0 bridgehead atoms. The zero-order chi connectivity index (χ0) is 13.0. The molecule has 5 heteroatoms. The minimum absolute atomic E-state index is 0.0309. The maximum Gasteiger partial charge on any atom is 0.303 e. The van der Waals surface area contributed by atoms with Crippen molar-refractivity contribution in [2.75, 3.05) is 13.6 Å². The third-order valence-electron chi connectivity index (χ3n) is 2.61. The molecule has 0 aliphatic rings. The van der Waals surface area contributed by atoms with Crippen LogP contribution in [0.15, 0.2) is 6.07 Å². The van der Waals surface area contributed by atoms with Gasteiger partial charge in [-0.25, -0.2) is 0 Å². The normalized spacial score (nSPS) is 10.3. The minimum atomic E-state index is -0.825. The lowest BCUT2D eigenvalue weighted by atomic mass is 10.2. The predicted octanol–water partition coefficient (Wildman–Crippen LogP) is 2.30. The second-order valence-electron chi connectivity index (χ2n) is 4.07. The van der Waals surface area contributed by atoms with Gasteiger partial charge in [0.1, 0.15) is 0 Å². The average Bonchev–Trinajstić information content (AvgIpc) is 2.57. The Balaban J connectivity index is 2.54. The van der Waals surface area contributed by atoms with E-state index in [1.54, 1.807) is 11.9 Å². The summed E-state index contributed by atoms with van der Waals surface area (Å²) < 4.78 is 0. The topological polar surface area (TPSA) is 57.6 Å². The van der Waals surface area contributed by atoms with Crippen molar-refractivity contribution < 1.29 is 14.7 Å². The van der Waals surface area contributed by atoms with Crippen LogP contribution in [0.4, 0.5) is 0 Å². The monoisotopic (exact) mass is 255 g/mol. The fraction of sp³-hybridized carbons (Fsp3) is 0.500. The van der Waals surface area contributed by atoms with E-state index in [4.69, 9.17) is 5.11 Å². The molecule has 0 spiro atoms. The lowest BCUT2D eigenvalue weighted by molar-refractivity contribution is -0.137. The highest BCUT2D eigenvalue weighted by atomic mass is 32.1. The molecule has 0 atom stereocenters. The lowest BCUT2D eigenvalue weighted by Gasteiger charge is -2.15. The van der Waals surface area contributed by atoms with Crippen LogP contribution in [0.2, 0.25) is 0 Å². The van der Waals surface area contributed by atoms with Crippen LogP contribution in [0.3, 0.4) is 0 Å². The van der Waals surface area contributed by atoms with Gasteiger partial charge in [-0.1, -0.05) is 0 Å². The van der Waals surface area contributed by atoms with Crippen molar-refractivity contribution in [1.82, 2.24) is 4.90 Å². The van der Waals surface area contributed by atoms with Gasteiger partial charge in [-0.3, -0.25) is 9.59 Å². The molecular weight excluding hydrogens is 238 g/mol. The first kappa shape index (κ1) is 13.7. The molecule has 1 aromatic heterocycles. The standard InChI is InChI=1S/C12H17NO3S/c1-8-7-10(17-9(8)2)12(16)13(3)6-4-5-11(14)15/h7H,4-6H2,1-3H3,(H,14,15). The molecule has 94 valence electrons. The van der Waals surface area contributed by atoms with Gasteiger partial charge in [0.2, 0.25) is 0 Å². The van der Waals surface area contributed by atoms with Gasteiger partial charge in [-0.2, -0.15) is 0 Å². The smallest absolute Gasteiger partial charge is 0.303 e. The summed E-state index contributed by atoms with van der Waals surface area (Å²) in [4.78, 5) is 25.8. The van der Waals surface area contributed by atoms with Crippen LogP contribution in [0.5, 0.6) is 0 Å². The summed E-state index contributed by atoms with van der Waals surface area (Å²) >= 11 is 1.48. The summed E-state index contributed by atoms with van der Waals surface area (Å²) in [6.07, 6.45) is 0.584. The summed E-state index contributed by atoms with van der Waals surface area (Å²) in [5.41, 5.74) is 1.12. The summed E-state index contributed by atoms with van der Waals surface area (Å²) in [6.45, 7) is 4.44. The Morgan fingerprint density at radius 2 is 2.06 bits per heavy atom. The van der Waals surface area contributed by atoms with Gasteiger partial charge in [0.25, 0.3) is 5.91 Å². The van der Waals surface area contributed by atoms with Crippen LogP contribution < -0.4 is 0 Å². The number of amides is 1. The Labute approximate surface area is 105 Å². The molecule has 1 amide bonds. The van der Waals surface area contributed by atoms with E-state index in [0.717, 1.165) is 15.3 Å². The molecule has 1 rings (SSSR count). The lowest BCUT2D eigenvalue weighted by Crippen LogP contribution is -2.27. The highest BCUT2D eigenvalue weighted by Crippen LogP contribution is 2.21. The van der Waals surface area contributed by atoms with Crippen molar-refractivity contribution in [2.45, 2.75) is 26.7 Å². The van der Waals surface area contributed by atoms with Crippen LogP contribution in [0, 0.1) is 13.8 Å². The number of rotatable bonds is 5. The van der Waals surface area contributed by atoms with E-state index in [1.165, 1.54) is 11.3 Å². The molecule has 0 aromatic carbocycles. The van der Waals surface area contributed by atoms with Gasteiger partial charge < -0.3 is 10.0 Å². The number of aryl methyl sites for hydroxylation is 2. The number of carboxylic acids is 1. The second-order valence-corrected chi connectivity index (χ2v) is 5.33. The number of aliphatic carboxylic acids is 1. The van der Waals surface area contributed by atoms with Gasteiger partial charge in [0.15, 0.2) is 0 Å². The number of nitrogens with zero attached hydrogens (tertiary/aromatic N) is 1. The number of carboxylic acid groups (broad SMARTS) is 1. The zero-order valence-electron chi connectivity index (χ0n) is 10.3. The molecule has 0 unspecified atom stereocenters. The third-order valence-corrected chi connectivity index (χ3v) is 3.75. The summed E-state index contributed by atoms with van der Waals surface area (Å²) in [5.74, 6) is -0.856. The molecule has 0 fully saturated rings. The zero-order valence-corrected chi connectivity index (χ0v) is 11.1. The van der Waals surface area contributed by atoms with E-state index in [2.05, 4.69) is 0 Å². The quantitative estimate of drug-likeness (QED) is 0.878. The molecule has 0 radical (unpaired) electrons. The van der Waals surface area contributed by atoms with Crippen molar-refractivity contribution in [3.05, 3.63) is 21.4 Å². The molecule has 0 saturated carbocycles. The first-order chi connectivity index (χ1) is 7.91. The number of hydrogen-bond acceptors (Lipinski definition) is 3. The van der Waals surface area contributed by atoms with Gasteiger partial charge in [-0.15, -0.1) is 11.3 Å². The molecule has 0 aliphatic heterocycles. The van der Waals surface area contributed by atoms with E-state index < -0.39 is 5.97 Å². The van der Waals surface area contributed by atoms with Gasteiger partial charge >= 0.3 is 5.97 Å². The van der Waals surface area contributed by atoms with Crippen molar-refractivity contribution in [3.63, 3.8) is 0 Å². The molecule has 4 nitrogen and oxygen atoms in total. The van der Waals surface area contributed by atoms with E-state index in [9.17, 15) is 9.59 Å². The largest absolute Gasteiger partial charge is 0.481 e. The molecule has 0 saturated heterocycles. The van der Waals surface area contributed by atoms with Gasteiger partial charge in [0.05, 0.1) is 4.88 Å². The SMILES string of the molecule is Cc1cc(C(=O)N(C)CCCC(=O)O)sc1C. The number of carbonyl (C=O) groups is 2. The summed E-state index contributed by atoms with van der Waals surface area (Å²) in [7, 11) is 1.70. The van der Waals surface area contributed by atoms with Crippen LogP contribution in [0.25, 0.3) is 0 Å². The Morgan fingerprint density at radius 3 is 2.53 bits per heavy atom. The van der Waals surface area contributed by atoms with Crippen LogP contribution in [-0.2, 0) is 4.79 Å². The first-order valence-corrected chi connectivity index (χ1v) is 6.27. The van der Waals surface area contributed by atoms with Gasteiger partial charge in [0, 0.05) is 24.9 Å². The first-order valence-electron chi connectivity index (χ1n) is 5.46. The maximum atomic E-state index is 12.0. The predicted molar refractivity (Wildman–Crippen MR) is 67.6 cm³/mol. The fourth-order valence-corrected chi connectivity index (χ4v) is 2.46. The summed E-state index contributed by atoms with van der Waals surface area (Å²) in [5, 5.41) is 8.52. The second kappa shape index (κ2) is 5.82. The minimum Gasteiger partial charge on any atom is -0.481 e. The van der Waals surface area contributed by atoms with E-state index in [-0.39, 0.29) is 12.3 Å². The molecule has 1 N–H and O–H groups in total. The molecule has 1 aromatic rings. The number of carbonyl (C=O) groups excluding carboxylic acids is 1. The Hall–Kier alpha value is -1.36. The fourth-order valence-electron chi connectivity index (χ4n) is 1.44. The van der Waals surface area contributed by atoms with Crippen LogP contribution >= 0.6 is 11.3 Å². The van der Waals surface area contributed by atoms with Crippen molar-refractivity contribution in [1.29, 1.82) is 0 Å². The average molecular weight is 255 g/mol. The molecular formula is C12H17NO3S. The Morgan fingerprint density at radius 1 is 1.41 bits per heavy atom. The van der Waals surface area contributed by atoms with Crippen molar-refractivity contribution in [3.8, 4) is 0 Å². The molecule has 0 aliphatic carbocycles. The van der Waals surface area contributed by atoms with E-state index in [1.807, 2.05) is 19.9 Å². The van der Waals surface area contributed by atoms with E-state index >= 15 is 0 Å². The third kappa shape index (κ3) is 3.85. The van der Waals surface area contributed by atoms with Crippen LogP contribution in [-0.4, -0.2) is 35.5 Å². The molecule has 17 heavy (non-hydrogen) atoms. The maximum absolute atomic E-state index is 12.0. The Kier molecular flexibility index (Phi) is 4.69. The van der Waals surface area contributed by atoms with E-state index in [0.29, 0.717) is 13.0 Å². The highest BCUT2D eigenvalue weighted by Gasteiger charge is 2.14.